The quantitative estimate of drug-likeness (QED) is 0.614. The Labute approximate surface area is 122 Å². The number of morpholine rings is 1. The monoisotopic (exact) mass is 296 g/mol. The average Bonchev–Trinajstić information content (AvgIpc) is 2.63. The molecule has 116 valence electrons. The van der Waals surface area contributed by atoms with Gasteiger partial charge in [0.05, 0.1) is 17.1 Å². The number of nitro groups is 1. The van der Waals surface area contributed by atoms with Crippen LogP contribution in [-0.4, -0.2) is 50.8 Å². The van der Waals surface area contributed by atoms with Gasteiger partial charge in [-0.3, -0.25) is 19.6 Å². The number of rotatable bonds is 3. The average molecular weight is 296 g/mol. The molecule has 1 aliphatic heterocycles. The van der Waals surface area contributed by atoms with Crippen molar-refractivity contribution >= 4 is 11.6 Å². The van der Waals surface area contributed by atoms with Gasteiger partial charge in [0.1, 0.15) is 17.9 Å². The highest BCUT2D eigenvalue weighted by Gasteiger charge is 2.28. The van der Waals surface area contributed by atoms with Crippen molar-refractivity contribution in [1.29, 1.82) is 0 Å². The Bertz CT molecular complexity index is 559. The van der Waals surface area contributed by atoms with Crippen LogP contribution >= 0.6 is 0 Å². The van der Waals surface area contributed by atoms with Crippen LogP contribution in [0.5, 0.6) is 0 Å². The zero-order valence-electron chi connectivity index (χ0n) is 12.7. The molecule has 1 saturated heterocycles. The first-order valence-corrected chi connectivity index (χ1v) is 6.91. The third-order valence-corrected chi connectivity index (χ3v) is 3.58. The van der Waals surface area contributed by atoms with Gasteiger partial charge in [-0.25, -0.2) is 0 Å². The van der Waals surface area contributed by atoms with Crippen LogP contribution in [0.4, 0.5) is 5.69 Å². The Morgan fingerprint density at radius 2 is 1.95 bits per heavy atom. The van der Waals surface area contributed by atoms with E-state index < -0.39 is 4.92 Å². The second kappa shape index (κ2) is 5.80. The number of ether oxygens (including phenoxy) is 1. The first-order valence-electron chi connectivity index (χ1n) is 6.91. The van der Waals surface area contributed by atoms with E-state index in [-0.39, 0.29) is 30.3 Å². The second-order valence-electron chi connectivity index (χ2n) is 5.49. The predicted octanol–water partition coefficient (Wildman–Crippen LogP) is 1.04. The highest BCUT2D eigenvalue weighted by molar-refractivity contribution is 5.76. The summed E-state index contributed by atoms with van der Waals surface area (Å²) in [7, 11) is 0. The zero-order valence-corrected chi connectivity index (χ0v) is 12.7. The SMILES string of the molecule is Cc1nn(CC(=O)N2C[C@@H](C)O[C@H](C)C2)c(C)c1[N+](=O)[O-]. The number of carbonyl (C=O) groups excluding carboxylic acids is 1. The Kier molecular flexibility index (Phi) is 4.26. The topological polar surface area (TPSA) is 90.5 Å². The number of amides is 1. The minimum Gasteiger partial charge on any atom is -0.372 e. The molecular formula is C13H20N4O4. The molecule has 1 amide bonds. The van der Waals surface area contributed by atoms with E-state index in [0.29, 0.717) is 24.5 Å². The maximum Gasteiger partial charge on any atom is 0.312 e. The Hall–Kier alpha value is -1.96. The molecule has 0 bridgehead atoms. The summed E-state index contributed by atoms with van der Waals surface area (Å²) in [6, 6.07) is 0. The molecule has 1 aliphatic rings. The lowest BCUT2D eigenvalue weighted by Crippen LogP contribution is -2.49. The summed E-state index contributed by atoms with van der Waals surface area (Å²) in [5.74, 6) is -0.0995. The van der Waals surface area contributed by atoms with Crippen LogP contribution < -0.4 is 0 Å². The molecule has 0 aliphatic carbocycles. The van der Waals surface area contributed by atoms with E-state index in [0.717, 1.165) is 0 Å². The molecule has 1 aromatic heterocycles. The van der Waals surface area contributed by atoms with E-state index in [1.165, 1.54) is 4.68 Å². The zero-order chi connectivity index (χ0) is 15.7. The van der Waals surface area contributed by atoms with Crippen LogP contribution in [0.2, 0.25) is 0 Å². The lowest BCUT2D eigenvalue weighted by molar-refractivity contribution is -0.386. The molecule has 2 atom stereocenters. The summed E-state index contributed by atoms with van der Waals surface area (Å²) in [4.78, 5) is 24.6. The van der Waals surface area contributed by atoms with Gasteiger partial charge in [0.15, 0.2) is 0 Å². The lowest BCUT2D eigenvalue weighted by Gasteiger charge is -2.35. The summed E-state index contributed by atoms with van der Waals surface area (Å²) >= 11 is 0. The minimum atomic E-state index is -0.461. The van der Waals surface area contributed by atoms with Gasteiger partial charge in [-0.15, -0.1) is 0 Å². The van der Waals surface area contributed by atoms with Crippen molar-refractivity contribution < 1.29 is 14.5 Å². The van der Waals surface area contributed by atoms with Crippen LogP contribution in [0.1, 0.15) is 25.2 Å². The Balaban J connectivity index is 2.13. The van der Waals surface area contributed by atoms with Crippen LogP contribution in [0.3, 0.4) is 0 Å². The van der Waals surface area contributed by atoms with Crippen molar-refractivity contribution in [1.82, 2.24) is 14.7 Å². The van der Waals surface area contributed by atoms with E-state index >= 15 is 0 Å². The fourth-order valence-electron chi connectivity index (χ4n) is 2.72. The van der Waals surface area contributed by atoms with Crippen molar-refractivity contribution in [2.75, 3.05) is 13.1 Å². The standard InChI is InChI=1S/C13H20N4O4/c1-8-5-15(6-9(2)21-8)12(18)7-16-11(4)13(17(19)20)10(3)14-16/h8-9H,5-7H2,1-4H3/t8-,9-/m1/s1. The van der Waals surface area contributed by atoms with Crippen LogP contribution in [0, 0.1) is 24.0 Å². The summed E-state index contributed by atoms with van der Waals surface area (Å²) in [6.07, 6.45) is -0.0139. The van der Waals surface area contributed by atoms with Gasteiger partial charge >= 0.3 is 5.69 Å². The van der Waals surface area contributed by atoms with Gasteiger partial charge in [-0.2, -0.15) is 5.10 Å². The fourth-order valence-corrected chi connectivity index (χ4v) is 2.72. The van der Waals surface area contributed by atoms with Gasteiger partial charge in [0.25, 0.3) is 0 Å². The van der Waals surface area contributed by atoms with Crippen molar-refractivity contribution in [3.05, 3.63) is 21.5 Å². The van der Waals surface area contributed by atoms with Gasteiger partial charge in [-0.05, 0) is 27.7 Å². The van der Waals surface area contributed by atoms with Gasteiger partial charge in [0, 0.05) is 13.1 Å². The molecule has 0 saturated carbocycles. The molecule has 21 heavy (non-hydrogen) atoms. The van der Waals surface area contributed by atoms with Gasteiger partial charge < -0.3 is 9.64 Å². The first-order chi connectivity index (χ1) is 9.79. The Morgan fingerprint density at radius 3 is 2.43 bits per heavy atom. The number of hydrogen-bond donors (Lipinski definition) is 0. The van der Waals surface area contributed by atoms with Crippen molar-refractivity contribution in [3.8, 4) is 0 Å². The molecule has 1 aromatic rings. The molecule has 0 unspecified atom stereocenters. The molecule has 0 aromatic carbocycles. The van der Waals surface area contributed by atoms with E-state index in [4.69, 9.17) is 4.74 Å². The van der Waals surface area contributed by atoms with Crippen LogP contribution in [-0.2, 0) is 16.1 Å². The summed E-state index contributed by atoms with van der Waals surface area (Å²) in [6.45, 7) is 8.10. The molecule has 0 spiro atoms. The maximum absolute atomic E-state index is 12.3. The smallest absolute Gasteiger partial charge is 0.312 e. The van der Waals surface area contributed by atoms with Crippen molar-refractivity contribution in [3.63, 3.8) is 0 Å². The lowest BCUT2D eigenvalue weighted by atomic mass is 10.2. The highest BCUT2D eigenvalue weighted by atomic mass is 16.6. The fraction of sp³-hybridized carbons (Fsp3) is 0.692. The molecular weight excluding hydrogens is 276 g/mol. The number of carbonyl (C=O) groups is 1. The molecule has 1 fully saturated rings. The summed E-state index contributed by atoms with van der Waals surface area (Å²) < 4.78 is 6.99. The van der Waals surface area contributed by atoms with E-state index in [1.807, 2.05) is 13.8 Å². The van der Waals surface area contributed by atoms with E-state index in [1.54, 1.807) is 18.7 Å². The molecule has 0 radical (unpaired) electrons. The van der Waals surface area contributed by atoms with Gasteiger partial charge in [-0.1, -0.05) is 0 Å². The summed E-state index contributed by atoms with van der Waals surface area (Å²) in [5, 5.41) is 15.1. The molecule has 8 nitrogen and oxygen atoms in total. The third kappa shape index (κ3) is 3.21. The molecule has 2 heterocycles. The summed E-state index contributed by atoms with van der Waals surface area (Å²) in [5.41, 5.74) is 0.709. The number of aryl methyl sites for hydroxylation is 1. The molecule has 2 rings (SSSR count). The van der Waals surface area contributed by atoms with E-state index in [2.05, 4.69) is 5.10 Å². The Morgan fingerprint density at radius 1 is 1.38 bits per heavy atom. The largest absolute Gasteiger partial charge is 0.372 e. The van der Waals surface area contributed by atoms with Crippen molar-refractivity contribution in [2.45, 2.75) is 46.4 Å². The molecule has 0 N–H and O–H groups in total. The number of nitrogens with zero attached hydrogens (tertiary/aromatic N) is 4. The number of hydrogen-bond acceptors (Lipinski definition) is 5. The number of aromatic nitrogens is 2. The normalized spacial score (nSPS) is 22.4. The second-order valence-corrected chi connectivity index (χ2v) is 5.49. The predicted molar refractivity (Wildman–Crippen MR) is 74.9 cm³/mol. The first kappa shape index (κ1) is 15.4. The molecule has 8 heteroatoms. The maximum atomic E-state index is 12.3. The third-order valence-electron chi connectivity index (χ3n) is 3.58. The van der Waals surface area contributed by atoms with Gasteiger partial charge in [0.2, 0.25) is 5.91 Å². The minimum absolute atomic E-state index is 0.00695. The van der Waals surface area contributed by atoms with E-state index in [9.17, 15) is 14.9 Å². The van der Waals surface area contributed by atoms with Crippen LogP contribution in [0.25, 0.3) is 0 Å². The highest BCUT2D eigenvalue weighted by Crippen LogP contribution is 2.22. The van der Waals surface area contributed by atoms with Crippen LogP contribution in [0.15, 0.2) is 0 Å². The van der Waals surface area contributed by atoms with Crippen molar-refractivity contribution in [2.24, 2.45) is 0 Å².